The van der Waals surface area contributed by atoms with Gasteiger partial charge in [-0.1, -0.05) is 30.3 Å². The van der Waals surface area contributed by atoms with Crippen LogP contribution in [-0.2, 0) is 18.4 Å². The maximum atomic E-state index is 12.1. The lowest BCUT2D eigenvalue weighted by atomic mass is 10.2. The highest BCUT2D eigenvalue weighted by Gasteiger charge is 2.11. The van der Waals surface area contributed by atoms with E-state index in [1.807, 2.05) is 49.6 Å². The van der Waals surface area contributed by atoms with Crippen LogP contribution in [0.15, 0.2) is 60.9 Å². The molecule has 0 amide bonds. The van der Waals surface area contributed by atoms with Crippen molar-refractivity contribution in [3.63, 3.8) is 0 Å². The minimum atomic E-state index is -0.372. The van der Waals surface area contributed by atoms with E-state index in [1.165, 1.54) is 0 Å². The number of esters is 1. The van der Waals surface area contributed by atoms with Gasteiger partial charge in [0.1, 0.15) is 12.3 Å². The lowest BCUT2D eigenvalue weighted by Crippen LogP contribution is -2.05. The average Bonchev–Trinajstić information content (AvgIpc) is 3.00. The number of carbonyl (C=O) groups is 1. The zero-order chi connectivity index (χ0) is 15.4. The Balaban J connectivity index is 1.73. The van der Waals surface area contributed by atoms with Crippen molar-refractivity contribution in [3.8, 4) is 11.4 Å². The van der Waals surface area contributed by atoms with E-state index in [9.17, 15) is 4.79 Å². The molecule has 0 saturated heterocycles. The second kappa shape index (κ2) is 6.22. The van der Waals surface area contributed by atoms with Crippen molar-refractivity contribution >= 4 is 5.97 Å². The van der Waals surface area contributed by atoms with Gasteiger partial charge in [0.2, 0.25) is 0 Å². The summed E-state index contributed by atoms with van der Waals surface area (Å²) in [7, 11) is 1.83. The van der Waals surface area contributed by atoms with Gasteiger partial charge in [-0.05, 0) is 23.8 Å². The number of hydrogen-bond donors (Lipinski definition) is 0. The van der Waals surface area contributed by atoms with Crippen LogP contribution >= 0.6 is 0 Å². The molecule has 0 radical (unpaired) electrons. The summed E-state index contributed by atoms with van der Waals surface area (Å²) in [4.78, 5) is 16.4. The molecule has 0 unspecified atom stereocenters. The summed E-state index contributed by atoms with van der Waals surface area (Å²) in [6.07, 6.45) is 3.42. The Morgan fingerprint density at radius 3 is 2.68 bits per heavy atom. The molecule has 0 spiro atoms. The van der Waals surface area contributed by atoms with Crippen LogP contribution in [0.3, 0.4) is 0 Å². The molecule has 2 heterocycles. The zero-order valence-corrected chi connectivity index (χ0v) is 12.1. The summed E-state index contributed by atoms with van der Waals surface area (Å²) in [6.45, 7) is 0.251. The van der Waals surface area contributed by atoms with Crippen LogP contribution in [-0.4, -0.2) is 20.7 Å². The minimum absolute atomic E-state index is 0.251. The van der Waals surface area contributed by atoms with Gasteiger partial charge in [-0.15, -0.1) is 0 Å². The van der Waals surface area contributed by atoms with Gasteiger partial charge in [0.15, 0.2) is 0 Å². The normalized spacial score (nSPS) is 10.4. The number of nitrogens with zero attached hydrogens (tertiary/aromatic N) is 3. The highest BCUT2D eigenvalue weighted by Crippen LogP contribution is 2.16. The van der Waals surface area contributed by atoms with Gasteiger partial charge in [-0.2, -0.15) is 5.10 Å². The molecule has 0 aliphatic rings. The van der Waals surface area contributed by atoms with E-state index in [2.05, 4.69) is 10.1 Å². The average molecular weight is 293 g/mol. The Morgan fingerprint density at radius 2 is 1.95 bits per heavy atom. The summed E-state index contributed by atoms with van der Waals surface area (Å²) in [6, 6.07) is 14.8. The van der Waals surface area contributed by atoms with Crippen molar-refractivity contribution < 1.29 is 9.53 Å². The number of aryl methyl sites for hydroxylation is 1. The highest BCUT2D eigenvalue weighted by atomic mass is 16.5. The number of aromatic nitrogens is 3. The molecule has 0 saturated carbocycles. The molecule has 3 rings (SSSR count). The Labute approximate surface area is 128 Å². The van der Waals surface area contributed by atoms with Gasteiger partial charge in [-0.3, -0.25) is 9.67 Å². The van der Waals surface area contributed by atoms with E-state index < -0.39 is 0 Å². The van der Waals surface area contributed by atoms with Crippen LogP contribution in [0.4, 0.5) is 0 Å². The summed E-state index contributed by atoms with van der Waals surface area (Å²) >= 11 is 0. The number of benzene rings is 1. The van der Waals surface area contributed by atoms with E-state index in [4.69, 9.17) is 4.74 Å². The first-order chi connectivity index (χ1) is 10.7. The van der Waals surface area contributed by atoms with Crippen LogP contribution in [0.2, 0.25) is 0 Å². The minimum Gasteiger partial charge on any atom is -0.457 e. The number of pyridine rings is 1. The fourth-order valence-corrected chi connectivity index (χ4v) is 2.06. The monoisotopic (exact) mass is 293 g/mol. The van der Waals surface area contributed by atoms with Crippen LogP contribution in [0.5, 0.6) is 0 Å². The van der Waals surface area contributed by atoms with Gasteiger partial charge in [0.25, 0.3) is 0 Å². The van der Waals surface area contributed by atoms with Crippen molar-refractivity contribution in [1.82, 2.24) is 14.8 Å². The van der Waals surface area contributed by atoms with Crippen LogP contribution in [0, 0.1) is 0 Å². The molecule has 0 N–H and O–H groups in total. The highest BCUT2D eigenvalue weighted by molar-refractivity contribution is 5.90. The standard InChI is InChI=1S/C17H15N3O2/c1-20-10-8-15(19-20)16-11-14(7-9-18-16)17(21)22-12-13-5-3-2-4-6-13/h2-11H,12H2,1H3. The van der Waals surface area contributed by atoms with Gasteiger partial charge in [0, 0.05) is 19.4 Å². The molecule has 3 aromatic rings. The first-order valence-corrected chi connectivity index (χ1v) is 6.89. The third-order valence-corrected chi connectivity index (χ3v) is 3.18. The molecule has 22 heavy (non-hydrogen) atoms. The van der Waals surface area contributed by atoms with Crippen molar-refractivity contribution in [1.29, 1.82) is 0 Å². The molecule has 110 valence electrons. The Bertz CT molecular complexity index is 781. The third-order valence-electron chi connectivity index (χ3n) is 3.18. The van der Waals surface area contributed by atoms with Crippen LogP contribution in [0.1, 0.15) is 15.9 Å². The van der Waals surface area contributed by atoms with Crippen LogP contribution < -0.4 is 0 Å². The maximum absolute atomic E-state index is 12.1. The zero-order valence-electron chi connectivity index (χ0n) is 12.1. The fourth-order valence-electron chi connectivity index (χ4n) is 2.06. The summed E-state index contributed by atoms with van der Waals surface area (Å²) < 4.78 is 7.01. The lowest BCUT2D eigenvalue weighted by Gasteiger charge is -2.05. The third kappa shape index (κ3) is 3.20. The second-order valence-corrected chi connectivity index (χ2v) is 4.87. The summed E-state index contributed by atoms with van der Waals surface area (Å²) in [5.74, 6) is -0.372. The van der Waals surface area contributed by atoms with Crippen molar-refractivity contribution in [2.24, 2.45) is 7.05 Å². The van der Waals surface area contributed by atoms with Gasteiger partial charge in [0.05, 0.1) is 11.3 Å². The number of hydrogen-bond acceptors (Lipinski definition) is 4. The van der Waals surface area contributed by atoms with E-state index in [0.29, 0.717) is 11.3 Å². The molecule has 1 aromatic carbocycles. The van der Waals surface area contributed by atoms with Crippen molar-refractivity contribution in [3.05, 3.63) is 72.1 Å². The summed E-state index contributed by atoms with van der Waals surface area (Å²) in [5, 5.41) is 4.28. The van der Waals surface area contributed by atoms with Gasteiger partial charge < -0.3 is 4.74 Å². The molecule has 0 aliphatic carbocycles. The van der Waals surface area contributed by atoms with E-state index in [-0.39, 0.29) is 12.6 Å². The summed E-state index contributed by atoms with van der Waals surface area (Å²) in [5.41, 5.74) is 2.79. The van der Waals surface area contributed by atoms with Crippen molar-refractivity contribution in [2.45, 2.75) is 6.61 Å². The van der Waals surface area contributed by atoms with Crippen molar-refractivity contribution in [2.75, 3.05) is 0 Å². The molecule has 0 atom stereocenters. The molecule has 0 bridgehead atoms. The van der Waals surface area contributed by atoms with E-state index >= 15 is 0 Å². The van der Waals surface area contributed by atoms with E-state index in [1.54, 1.807) is 23.0 Å². The second-order valence-electron chi connectivity index (χ2n) is 4.87. The SMILES string of the molecule is Cn1ccc(-c2cc(C(=O)OCc3ccccc3)ccn2)n1. The Hall–Kier alpha value is -2.95. The molecular formula is C17H15N3O2. The first kappa shape index (κ1) is 14.0. The van der Waals surface area contributed by atoms with E-state index in [0.717, 1.165) is 11.3 Å². The number of ether oxygens (including phenoxy) is 1. The molecule has 0 fully saturated rings. The lowest BCUT2D eigenvalue weighted by molar-refractivity contribution is 0.0472. The molecule has 5 heteroatoms. The molecule has 0 aliphatic heterocycles. The Kier molecular flexibility index (Phi) is 3.96. The predicted octanol–water partition coefficient (Wildman–Crippen LogP) is 2.84. The number of carbonyl (C=O) groups excluding carboxylic acids is 1. The Morgan fingerprint density at radius 1 is 1.14 bits per heavy atom. The first-order valence-electron chi connectivity index (χ1n) is 6.89. The van der Waals surface area contributed by atoms with Crippen LogP contribution in [0.25, 0.3) is 11.4 Å². The molecule has 5 nitrogen and oxygen atoms in total. The smallest absolute Gasteiger partial charge is 0.338 e. The van der Waals surface area contributed by atoms with Gasteiger partial charge in [-0.25, -0.2) is 4.79 Å². The fraction of sp³-hybridized carbons (Fsp3) is 0.118. The maximum Gasteiger partial charge on any atom is 0.338 e. The molecular weight excluding hydrogens is 278 g/mol. The predicted molar refractivity (Wildman–Crippen MR) is 82.0 cm³/mol. The largest absolute Gasteiger partial charge is 0.457 e. The topological polar surface area (TPSA) is 57.0 Å². The van der Waals surface area contributed by atoms with Gasteiger partial charge >= 0.3 is 5.97 Å². The number of rotatable bonds is 4. The quantitative estimate of drug-likeness (QED) is 0.694. The molecule has 2 aromatic heterocycles.